The summed E-state index contributed by atoms with van der Waals surface area (Å²) in [6, 6.07) is 15.7. The number of nitrogens with zero attached hydrogens (tertiary/aromatic N) is 1. The molecular formula is C18H22N4O2. The van der Waals surface area contributed by atoms with Crippen LogP contribution in [0.2, 0.25) is 0 Å². The molecule has 0 saturated carbocycles. The van der Waals surface area contributed by atoms with Crippen LogP contribution in [0.25, 0.3) is 0 Å². The summed E-state index contributed by atoms with van der Waals surface area (Å²) < 4.78 is 0. The van der Waals surface area contributed by atoms with E-state index in [9.17, 15) is 9.59 Å². The number of rotatable bonds is 5. The van der Waals surface area contributed by atoms with Gasteiger partial charge < -0.3 is 20.9 Å². The topological polar surface area (TPSA) is 73.5 Å². The van der Waals surface area contributed by atoms with Gasteiger partial charge in [0.15, 0.2) is 0 Å². The van der Waals surface area contributed by atoms with E-state index in [0.29, 0.717) is 30.2 Å². The lowest BCUT2D eigenvalue weighted by Crippen LogP contribution is -2.34. The molecule has 2 aromatic rings. The molecule has 3 N–H and O–H groups in total. The number of amides is 4. The zero-order chi connectivity index (χ0) is 17.4. The average molecular weight is 326 g/mol. The number of hydrogen-bond donors (Lipinski definition) is 3. The van der Waals surface area contributed by atoms with Crippen molar-refractivity contribution in [3.63, 3.8) is 0 Å². The molecule has 0 fully saturated rings. The molecule has 6 heteroatoms. The molecule has 24 heavy (non-hydrogen) atoms. The number of benzene rings is 2. The monoisotopic (exact) mass is 326 g/mol. The number of para-hydroxylation sites is 1. The van der Waals surface area contributed by atoms with Crippen molar-refractivity contribution in [3.05, 3.63) is 54.6 Å². The van der Waals surface area contributed by atoms with Crippen LogP contribution in [0.3, 0.4) is 0 Å². The van der Waals surface area contributed by atoms with Crippen molar-refractivity contribution in [1.82, 2.24) is 4.90 Å². The fourth-order valence-corrected chi connectivity index (χ4v) is 2.20. The van der Waals surface area contributed by atoms with Crippen molar-refractivity contribution < 1.29 is 9.59 Å². The van der Waals surface area contributed by atoms with Gasteiger partial charge in [-0.2, -0.15) is 0 Å². The third-order valence-corrected chi connectivity index (χ3v) is 3.45. The minimum absolute atomic E-state index is 0.161. The Bertz CT molecular complexity index is 684. The van der Waals surface area contributed by atoms with Crippen LogP contribution in [0.1, 0.15) is 13.8 Å². The predicted molar refractivity (Wildman–Crippen MR) is 97.5 cm³/mol. The zero-order valence-electron chi connectivity index (χ0n) is 13.9. The number of hydrogen-bond acceptors (Lipinski definition) is 2. The van der Waals surface area contributed by atoms with Gasteiger partial charge in [0.2, 0.25) is 0 Å². The summed E-state index contributed by atoms with van der Waals surface area (Å²) in [4.78, 5) is 25.7. The smallest absolute Gasteiger partial charge is 0.323 e. The van der Waals surface area contributed by atoms with Crippen LogP contribution in [0, 0.1) is 0 Å². The van der Waals surface area contributed by atoms with E-state index in [4.69, 9.17) is 0 Å². The molecule has 6 nitrogen and oxygen atoms in total. The van der Waals surface area contributed by atoms with E-state index in [1.165, 1.54) is 0 Å². The number of nitrogens with one attached hydrogen (secondary N) is 3. The van der Waals surface area contributed by atoms with Crippen LogP contribution >= 0.6 is 0 Å². The lowest BCUT2D eigenvalue weighted by atomic mass is 10.2. The Morgan fingerprint density at radius 3 is 1.96 bits per heavy atom. The maximum Gasteiger partial charge on any atom is 0.323 e. The molecule has 0 aliphatic heterocycles. The molecule has 0 bridgehead atoms. The van der Waals surface area contributed by atoms with E-state index in [0.717, 1.165) is 0 Å². The van der Waals surface area contributed by atoms with Crippen LogP contribution in [0.5, 0.6) is 0 Å². The Hall–Kier alpha value is -3.02. The Morgan fingerprint density at radius 1 is 0.792 bits per heavy atom. The van der Waals surface area contributed by atoms with Gasteiger partial charge in [0.05, 0.1) is 0 Å². The van der Waals surface area contributed by atoms with E-state index >= 15 is 0 Å². The van der Waals surface area contributed by atoms with Crippen LogP contribution < -0.4 is 16.0 Å². The van der Waals surface area contributed by atoms with E-state index in [1.807, 2.05) is 32.0 Å². The summed E-state index contributed by atoms with van der Waals surface area (Å²) >= 11 is 0. The zero-order valence-corrected chi connectivity index (χ0v) is 13.9. The molecule has 0 aromatic heterocycles. The lowest BCUT2D eigenvalue weighted by molar-refractivity contribution is 0.217. The summed E-state index contributed by atoms with van der Waals surface area (Å²) in [6.45, 7) is 5.13. The summed E-state index contributed by atoms with van der Waals surface area (Å²) in [6.07, 6.45) is 0. The van der Waals surface area contributed by atoms with Crippen molar-refractivity contribution in [3.8, 4) is 0 Å². The van der Waals surface area contributed by atoms with E-state index in [1.54, 1.807) is 41.3 Å². The molecule has 0 atom stereocenters. The highest BCUT2D eigenvalue weighted by atomic mass is 16.2. The molecule has 2 rings (SSSR count). The molecule has 4 amide bonds. The lowest BCUT2D eigenvalue weighted by Gasteiger charge is -2.19. The van der Waals surface area contributed by atoms with Crippen molar-refractivity contribution in [1.29, 1.82) is 0 Å². The summed E-state index contributed by atoms with van der Waals surface area (Å²) in [5.74, 6) is 0. The Labute approximate surface area is 141 Å². The maximum absolute atomic E-state index is 12.1. The molecule has 0 aliphatic rings. The minimum atomic E-state index is -0.339. The van der Waals surface area contributed by atoms with Gasteiger partial charge in [-0.25, -0.2) is 9.59 Å². The van der Waals surface area contributed by atoms with Crippen LogP contribution in [-0.2, 0) is 0 Å². The number of urea groups is 2. The van der Waals surface area contributed by atoms with Gasteiger partial charge >= 0.3 is 12.1 Å². The van der Waals surface area contributed by atoms with E-state index < -0.39 is 0 Å². The number of anilines is 3. The van der Waals surface area contributed by atoms with Gasteiger partial charge in [-0.15, -0.1) is 0 Å². The summed E-state index contributed by atoms with van der Waals surface area (Å²) in [5.41, 5.74) is 1.94. The van der Waals surface area contributed by atoms with Crippen molar-refractivity contribution in [2.75, 3.05) is 29.0 Å². The normalized spacial score (nSPS) is 9.92. The fraction of sp³-hybridized carbons (Fsp3) is 0.222. The Balaban J connectivity index is 1.97. The summed E-state index contributed by atoms with van der Waals surface area (Å²) in [5, 5.41) is 8.31. The average Bonchev–Trinajstić information content (AvgIpc) is 2.57. The van der Waals surface area contributed by atoms with Crippen molar-refractivity contribution in [2.45, 2.75) is 13.8 Å². The quantitative estimate of drug-likeness (QED) is 0.770. The van der Waals surface area contributed by atoms with Crippen LogP contribution in [0.4, 0.5) is 26.7 Å². The fourth-order valence-electron chi connectivity index (χ4n) is 2.20. The second kappa shape index (κ2) is 8.57. The van der Waals surface area contributed by atoms with Gasteiger partial charge in [0.25, 0.3) is 0 Å². The van der Waals surface area contributed by atoms with Crippen LogP contribution in [0.15, 0.2) is 54.6 Å². The Kier molecular flexibility index (Phi) is 6.19. The molecule has 126 valence electrons. The highest BCUT2D eigenvalue weighted by Crippen LogP contribution is 2.16. The predicted octanol–water partition coefficient (Wildman–Crippen LogP) is 4.20. The first-order valence-corrected chi connectivity index (χ1v) is 7.91. The highest BCUT2D eigenvalue weighted by Gasteiger charge is 2.10. The van der Waals surface area contributed by atoms with Crippen LogP contribution in [-0.4, -0.2) is 30.1 Å². The van der Waals surface area contributed by atoms with E-state index in [-0.39, 0.29) is 12.1 Å². The molecule has 0 spiro atoms. The molecule has 0 aliphatic carbocycles. The third-order valence-electron chi connectivity index (χ3n) is 3.45. The molecule has 0 heterocycles. The minimum Gasteiger partial charge on any atom is -0.325 e. The van der Waals surface area contributed by atoms with Gasteiger partial charge in [0.1, 0.15) is 0 Å². The van der Waals surface area contributed by atoms with E-state index in [2.05, 4.69) is 16.0 Å². The molecule has 0 unspecified atom stereocenters. The molecule has 0 radical (unpaired) electrons. The van der Waals surface area contributed by atoms with Gasteiger partial charge in [0, 0.05) is 30.2 Å². The first kappa shape index (κ1) is 17.3. The second-order valence-electron chi connectivity index (χ2n) is 5.13. The Morgan fingerprint density at radius 2 is 1.33 bits per heavy atom. The standard InChI is InChI=1S/C18H22N4O2/c1-3-22(4-2)18(24)21-16-12-8-11-15(13-16)20-17(23)19-14-9-6-5-7-10-14/h5-13H,3-4H2,1-2H3,(H,21,24)(H2,19,20,23). The number of carbonyl (C=O) groups is 2. The van der Waals surface area contributed by atoms with Gasteiger partial charge in [-0.3, -0.25) is 0 Å². The highest BCUT2D eigenvalue weighted by molar-refractivity contribution is 6.00. The largest absolute Gasteiger partial charge is 0.325 e. The summed E-state index contributed by atoms with van der Waals surface area (Å²) in [7, 11) is 0. The third kappa shape index (κ3) is 5.01. The molecular weight excluding hydrogens is 304 g/mol. The SMILES string of the molecule is CCN(CC)C(=O)Nc1cccc(NC(=O)Nc2ccccc2)c1. The van der Waals surface area contributed by atoms with Gasteiger partial charge in [-0.05, 0) is 44.2 Å². The van der Waals surface area contributed by atoms with Gasteiger partial charge in [-0.1, -0.05) is 24.3 Å². The number of carbonyl (C=O) groups excluding carboxylic acids is 2. The van der Waals surface area contributed by atoms with Crippen molar-refractivity contribution in [2.24, 2.45) is 0 Å². The first-order chi connectivity index (χ1) is 11.6. The first-order valence-electron chi connectivity index (χ1n) is 7.91. The second-order valence-corrected chi connectivity index (χ2v) is 5.13. The maximum atomic E-state index is 12.1. The molecule has 0 saturated heterocycles. The molecule has 2 aromatic carbocycles. The van der Waals surface area contributed by atoms with Crippen molar-refractivity contribution >= 4 is 29.1 Å².